The van der Waals surface area contributed by atoms with Crippen LogP contribution in [0.2, 0.25) is 0 Å². The summed E-state index contributed by atoms with van der Waals surface area (Å²) in [5.74, 6) is -0.275. The molecule has 0 atom stereocenters. The summed E-state index contributed by atoms with van der Waals surface area (Å²) in [5, 5.41) is 17.3. The van der Waals surface area contributed by atoms with Gasteiger partial charge in [0, 0.05) is 7.05 Å². The molecule has 0 radical (unpaired) electrons. The highest BCUT2D eigenvalue weighted by molar-refractivity contribution is 5.59. The lowest BCUT2D eigenvalue weighted by Gasteiger charge is -2.10. The fraction of sp³-hybridized carbons (Fsp3) is 0.182. The van der Waals surface area contributed by atoms with E-state index in [9.17, 15) is 23.3 Å². The van der Waals surface area contributed by atoms with Gasteiger partial charge in [0.1, 0.15) is 11.9 Å². The van der Waals surface area contributed by atoms with Crippen molar-refractivity contribution in [2.75, 3.05) is 12.4 Å². The number of rotatable bonds is 4. The highest BCUT2D eigenvalue weighted by Crippen LogP contribution is 2.28. The number of anilines is 1. The summed E-state index contributed by atoms with van der Waals surface area (Å²) in [6.07, 6.45) is -3.73. The molecule has 0 aliphatic heterocycles. The molecule has 21 heavy (non-hydrogen) atoms. The van der Waals surface area contributed by atoms with Crippen LogP contribution in [0, 0.1) is 10.1 Å². The van der Waals surface area contributed by atoms with E-state index in [0.29, 0.717) is 5.69 Å². The molecule has 0 aliphatic carbocycles. The molecule has 112 valence electrons. The summed E-state index contributed by atoms with van der Waals surface area (Å²) >= 11 is 0. The minimum absolute atomic E-state index is 0.115. The van der Waals surface area contributed by atoms with Gasteiger partial charge in [0.15, 0.2) is 0 Å². The van der Waals surface area contributed by atoms with E-state index in [4.69, 9.17) is 0 Å². The van der Waals surface area contributed by atoms with Gasteiger partial charge in [0.25, 0.3) is 0 Å². The monoisotopic (exact) mass is 302 g/mol. The summed E-state index contributed by atoms with van der Waals surface area (Å²) in [6.45, 7) is 0. The van der Waals surface area contributed by atoms with Gasteiger partial charge in [-0.1, -0.05) is 0 Å². The maximum Gasteiger partial charge on any atom is 0.573 e. The number of benzene rings is 1. The third-order valence-electron chi connectivity index (χ3n) is 2.50. The molecule has 0 saturated carbocycles. The van der Waals surface area contributed by atoms with E-state index in [-0.39, 0.29) is 17.3 Å². The summed E-state index contributed by atoms with van der Waals surface area (Å²) in [7, 11) is 1.47. The summed E-state index contributed by atoms with van der Waals surface area (Å²) in [6, 6.07) is 4.79. The van der Waals surface area contributed by atoms with Gasteiger partial charge in [-0.2, -0.15) is 5.10 Å². The quantitative estimate of drug-likeness (QED) is 0.693. The van der Waals surface area contributed by atoms with Crippen LogP contribution in [0.5, 0.6) is 5.75 Å². The number of hydrogen-bond acceptors (Lipinski definition) is 5. The predicted octanol–water partition coefficient (Wildman–Crippen LogP) is 2.72. The van der Waals surface area contributed by atoms with Crippen LogP contribution >= 0.6 is 0 Å². The molecule has 0 amide bonds. The van der Waals surface area contributed by atoms with E-state index in [1.54, 1.807) is 0 Å². The van der Waals surface area contributed by atoms with Gasteiger partial charge in [-0.15, -0.1) is 13.2 Å². The first-order valence-electron chi connectivity index (χ1n) is 5.58. The Hall–Kier alpha value is -2.78. The van der Waals surface area contributed by atoms with Crippen LogP contribution in [-0.2, 0) is 0 Å². The van der Waals surface area contributed by atoms with E-state index in [2.05, 4.69) is 15.2 Å². The molecule has 0 aliphatic rings. The van der Waals surface area contributed by atoms with Crippen LogP contribution in [0.15, 0.2) is 30.5 Å². The van der Waals surface area contributed by atoms with Crippen LogP contribution < -0.4 is 10.1 Å². The van der Waals surface area contributed by atoms with Gasteiger partial charge in [0.2, 0.25) is 5.82 Å². The molecule has 1 heterocycles. The van der Waals surface area contributed by atoms with Crippen molar-refractivity contribution >= 4 is 11.5 Å². The Labute approximate surface area is 116 Å². The van der Waals surface area contributed by atoms with E-state index in [0.717, 1.165) is 18.3 Å². The van der Waals surface area contributed by atoms with Crippen LogP contribution in [0.1, 0.15) is 0 Å². The molecule has 0 fully saturated rings. The van der Waals surface area contributed by atoms with Crippen molar-refractivity contribution in [3.8, 4) is 11.4 Å². The van der Waals surface area contributed by atoms with Crippen molar-refractivity contribution in [1.82, 2.24) is 9.78 Å². The molecule has 0 saturated heterocycles. The number of nitrogens with one attached hydrogen (secondary N) is 1. The first kappa shape index (κ1) is 14.6. The lowest BCUT2D eigenvalue weighted by atomic mass is 10.3. The lowest BCUT2D eigenvalue weighted by molar-refractivity contribution is -0.384. The van der Waals surface area contributed by atoms with Gasteiger partial charge < -0.3 is 10.1 Å². The number of hydrogen-bond donors (Lipinski definition) is 1. The van der Waals surface area contributed by atoms with Crippen molar-refractivity contribution < 1.29 is 22.8 Å². The second-order valence-corrected chi connectivity index (χ2v) is 3.84. The molecule has 0 unspecified atom stereocenters. The average molecular weight is 302 g/mol. The Balaban J connectivity index is 2.33. The zero-order valence-electron chi connectivity index (χ0n) is 10.6. The van der Waals surface area contributed by atoms with Crippen LogP contribution in [0.3, 0.4) is 0 Å². The lowest BCUT2D eigenvalue weighted by Crippen LogP contribution is -2.17. The topological polar surface area (TPSA) is 82.2 Å². The van der Waals surface area contributed by atoms with E-state index >= 15 is 0 Å². The standard InChI is InChI=1S/C11H9F3N4O3/c1-15-10-9(18(19)20)6-16-17(10)7-2-4-8(5-3-7)21-11(12,13)14/h2-6,15H,1H3. The summed E-state index contributed by atoms with van der Waals surface area (Å²) in [5.41, 5.74) is 0.107. The Morgan fingerprint density at radius 3 is 2.43 bits per heavy atom. The molecule has 1 aromatic carbocycles. The molecule has 10 heteroatoms. The minimum atomic E-state index is -4.78. The number of nitrogens with zero attached hydrogens (tertiary/aromatic N) is 3. The van der Waals surface area contributed by atoms with Crippen LogP contribution in [-0.4, -0.2) is 28.1 Å². The fourth-order valence-corrected chi connectivity index (χ4v) is 1.69. The Bertz CT molecular complexity index is 652. The van der Waals surface area contributed by atoms with E-state index < -0.39 is 11.3 Å². The molecular formula is C11H9F3N4O3. The van der Waals surface area contributed by atoms with Crippen molar-refractivity contribution in [1.29, 1.82) is 0 Å². The molecular weight excluding hydrogens is 293 g/mol. The second kappa shape index (κ2) is 5.31. The average Bonchev–Trinajstić information content (AvgIpc) is 2.81. The number of aromatic nitrogens is 2. The maximum absolute atomic E-state index is 12.1. The molecule has 0 spiro atoms. The Kier molecular flexibility index (Phi) is 3.70. The highest BCUT2D eigenvalue weighted by Gasteiger charge is 2.31. The van der Waals surface area contributed by atoms with Gasteiger partial charge in [0.05, 0.1) is 10.6 Å². The number of halogens is 3. The molecule has 0 bridgehead atoms. The molecule has 1 aromatic heterocycles. The van der Waals surface area contributed by atoms with Gasteiger partial charge in [-0.3, -0.25) is 10.1 Å². The highest BCUT2D eigenvalue weighted by atomic mass is 19.4. The van der Waals surface area contributed by atoms with Crippen molar-refractivity contribution in [3.05, 3.63) is 40.6 Å². The predicted molar refractivity (Wildman–Crippen MR) is 66.4 cm³/mol. The van der Waals surface area contributed by atoms with Crippen molar-refractivity contribution in [2.24, 2.45) is 0 Å². The fourth-order valence-electron chi connectivity index (χ4n) is 1.69. The molecule has 7 nitrogen and oxygen atoms in total. The molecule has 1 N–H and O–H groups in total. The zero-order chi connectivity index (χ0) is 15.6. The van der Waals surface area contributed by atoms with Gasteiger partial charge in [-0.25, -0.2) is 4.68 Å². The molecule has 2 rings (SSSR count). The van der Waals surface area contributed by atoms with Crippen molar-refractivity contribution in [2.45, 2.75) is 6.36 Å². The minimum Gasteiger partial charge on any atom is -0.406 e. The number of alkyl halides is 3. The molecule has 2 aromatic rings. The smallest absolute Gasteiger partial charge is 0.406 e. The third-order valence-corrected chi connectivity index (χ3v) is 2.50. The number of nitro groups is 1. The van der Waals surface area contributed by atoms with E-state index in [1.165, 1.54) is 23.9 Å². The first-order valence-corrected chi connectivity index (χ1v) is 5.58. The van der Waals surface area contributed by atoms with Gasteiger partial charge >= 0.3 is 12.0 Å². The number of ether oxygens (including phenoxy) is 1. The first-order chi connectivity index (χ1) is 9.81. The largest absolute Gasteiger partial charge is 0.573 e. The normalized spacial score (nSPS) is 11.2. The zero-order valence-corrected chi connectivity index (χ0v) is 10.6. The second-order valence-electron chi connectivity index (χ2n) is 3.84. The van der Waals surface area contributed by atoms with Gasteiger partial charge in [-0.05, 0) is 24.3 Å². The SMILES string of the molecule is CNc1c([N+](=O)[O-])cnn1-c1ccc(OC(F)(F)F)cc1. The summed E-state index contributed by atoms with van der Waals surface area (Å²) in [4.78, 5) is 10.2. The van der Waals surface area contributed by atoms with Crippen molar-refractivity contribution in [3.63, 3.8) is 0 Å². The summed E-state index contributed by atoms with van der Waals surface area (Å²) < 4.78 is 41.1. The third kappa shape index (κ3) is 3.22. The van der Waals surface area contributed by atoms with Crippen LogP contribution in [0.4, 0.5) is 24.7 Å². The Morgan fingerprint density at radius 1 is 1.33 bits per heavy atom. The van der Waals surface area contributed by atoms with Crippen LogP contribution in [0.25, 0.3) is 5.69 Å². The van der Waals surface area contributed by atoms with E-state index in [1.807, 2.05) is 0 Å². The maximum atomic E-state index is 12.1. The Morgan fingerprint density at radius 2 is 1.95 bits per heavy atom.